The Morgan fingerprint density at radius 3 is 2.69 bits per heavy atom. The summed E-state index contributed by atoms with van der Waals surface area (Å²) in [6.45, 7) is 11.8. The zero-order chi connectivity index (χ0) is 12.0. The third kappa shape index (κ3) is 3.11. The summed E-state index contributed by atoms with van der Waals surface area (Å²) in [5, 5.41) is 3.40. The molecule has 1 N–H and O–H groups in total. The maximum Gasteiger partial charge on any atom is 0.119 e. The van der Waals surface area contributed by atoms with E-state index in [0.29, 0.717) is 12.6 Å². The van der Waals surface area contributed by atoms with Gasteiger partial charge in [0, 0.05) is 11.6 Å². The molecule has 2 heteroatoms. The van der Waals surface area contributed by atoms with Gasteiger partial charge < -0.3 is 10.1 Å². The third-order valence-electron chi connectivity index (χ3n) is 2.56. The summed E-state index contributed by atoms with van der Waals surface area (Å²) in [5.41, 5.74) is 2.33. The second-order valence-corrected chi connectivity index (χ2v) is 3.72. The van der Waals surface area contributed by atoms with Crippen molar-refractivity contribution in [3.05, 3.63) is 42.0 Å². The van der Waals surface area contributed by atoms with Crippen molar-refractivity contribution in [3.8, 4) is 0 Å². The number of hydrogen-bond donors (Lipinski definition) is 1. The first-order valence-corrected chi connectivity index (χ1v) is 5.85. The number of ether oxygens (including phenoxy) is 1. The Bertz CT molecular complexity index is 346. The van der Waals surface area contributed by atoms with Crippen LogP contribution in [0.15, 0.2) is 30.8 Å². The van der Waals surface area contributed by atoms with Gasteiger partial charge in [-0.05, 0) is 26.0 Å². The lowest BCUT2D eigenvalue weighted by atomic mass is 10.0. The minimum absolute atomic E-state index is 0.318. The molecule has 0 aliphatic heterocycles. The Morgan fingerprint density at radius 2 is 2.06 bits per heavy atom. The maximum absolute atomic E-state index is 5.47. The monoisotopic (exact) mass is 219 g/mol. The zero-order valence-electron chi connectivity index (χ0n) is 10.4. The van der Waals surface area contributed by atoms with Gasteiger partial charge in [0.1, 0.15) is 5.76 Å². The van der Waals surface area contributed by atoms with Gasteiger partial charge in [-0.2, -0.15) is 0 Å². The molecule has 0 bridgehead atoms. The van der Waals surface area contributed by atoms with Crippen molar-refractivity contribution in [2.45, 2.75) is 26.8 Å². The van der Waals surface area contributed by atoms with E-state index in [1.165, 1.54) is 5.56 Å². The van der Waals surface area contributed by atoms with E-state index in [9.17, 15) is 0 Å². The molecule has 0 saturated carbocycles. The van der Waals surface area contributed by atoms with Gasteiger partial charge in [0.2, 0.25) is 0 Å². The molecule has 1 aromatic rings. The zero-order valence-corrected chi connectivity index (χ0v) is 10.4. The normalized spacial score (nSPS) is 12.2. The highest BCUT2D eigenvalue weighted by atomic mass is 16.5. The van der Waals surface area contributed by atoms with E-state index in [-0.39, 0.29) is 0 Å². The predicted octanol–water partition coefficient (Wildman–Crippen LogP) is 3.36. The lowest BCUT2D eigenvalue weighted by Crippen LogP contribution is -2.19. The average molecular weight is 219 g/mol. The van der Waals surface area contributed by atoms with E-state index in [1.807, 2.05) is 19.1 Å². The van der Waals surface area contributed by atoms with Gasteiger partial charge in [0.25, 0.3) is 0 Å². The lowest BCUT2D eigenvalue weighted by molar-refractivity contribution is 0.298. The molecule has 1 rings (SSSR count). The molecule has 0 fully saturated rings. The fourth-order valence-corrected chi connectivity index (χ4v) is 1.80. The van der Waals surface area contributed by atoms with Crippen LogP contribution in [0.3, 0.4) is 0 Å². The van der Waals surface area contributed by atoms with Crippen LogP contribution in [-0.4, -0.2) is 13.2 Å². The number of benzene rings is 1. The summed E-state index contributed by atoms with van der Waals surface area (Å²) in [6.07, 6.45) is 0. The SMILES string of the molecule is C=C(OCC)c1ccccc1C(C)NCC. The molecule has 0 spiro atoms. The Morgan fingerprint density at radius 1 is 1.38 bits per heavy atom. The van der Waals surface area contributed by atoms with E-state index < -0.39 is 0 Å². The highest BCUT2D eigenvalue weighted by Crippen LogP contribution is 2.24. The Hall–Kier alpha value is -1.28. The third-order valence-corrected chi connectivity index (χ3v) is 2.56. The topological polar surface area (TPSA) is 21.3 Å². The van der Waals surface area contributed by atoms with Crippen molar-refractivity contribution in [2.75, 3.05) is 13.2 Å². The second kappa shape index (κ2) is 6.33. The van der Waals surface area contributed by atoms with Crippen LogP contribution in [0.2, 0.25) is 0 Å². The number of nitrogens with one attached hydrogen (secondary N) is 1. The van der Waals surface area contributed by atoms with Crippen molar-refractivity contribution in [1.29, 1.82) is 0 Å². The van der Waals surface area contributed by atoms with Crippen molar-refractivity contribution < 1.29 is 4.74 Å². The van der Waals surface area contributed by atoms with Crippen molar-refractivity contribution in [2.24, 2.45) is 0 Å². The van der Waals surface area contributed by atoms with Crippen LogP contribution >= 0.6 is 0 Å². The summed E-state index contributed by atoms with van der Waals surface area (Å²) >= 11 is 0. The summed E-state index contributed by atoms with van der Waals surface area (Å²) in [4.78, 5) is 0. The van der Waals surface area contributed by atoms with Crippen LogP contribution in [0, 0.1) is 0 Å². The summed E-state index contributed by atoms with van der Waals surface area (Å²) in [7, 11) is 0. The smallest absolute Gasteiger partial charge is 0.119 e. The van der Waals surface area contributed by atoms with Crippen LogP contribution in [-0.2, 0) is 4.74 Å². The molecule has 16 heavy (non-hydrogen) atoms. The second-order valence-electron chi connectivity index (χ2n) is 3.72. The molecule has 2 nitrogen and oxygen atoms in total. The quantitative estimate of drug-likeness (QED) is 0.741. The van der Waals surface area contributed by atoms with E-state index in [4.69, 9.17) is 4.74 Å². The number of rotatable bonds is 6. The van der Waals surface area contributed by atoms with Gasteiger partial charge in [-0.3, -0.25) is 0 Å². The van der Waals surface area contributed by atoms with Crippen LogP contribution in [0.5, 0.6) is 0 Å². The molecule has 0 amide bonds. The fourth-order valence-electron chi connectivity index (χ4n) is 1.80. The highest BCUT2D eigenvalue weighted by molar-refractivity contribution is 5.61. The minimum atomic E-state index is 0.318. The van der Waals surface area contributed by atoms with Crippen LogP contribution < -0.4 is 5.32 Å². The molecular formula is C14H21NO. The van der Waals surface area contributed by atoms with Gasteiger partial charge in [0.05, 0.1) is 6.61 Å². The molecule has 88 valence electrons. The molecule has 0 aliphatic rings. The van der Waals surface area contributed by atoms with E-state index >= 15 is 0 Å². The first kappa shape index (κ1) is 12.8. The Labute approximate surface area is 98.3 Å². The summed E-state index contributed by atoms with van der Waals surface area (Å²) in [6, 6.07) is 8.56. The van der Waals surface area contributed by atoms with Gasteiger partial charge in [-0.15, -0.1) is 0 Å². The molecule has 0 saturated heterocycles. The first-order chi connectivity index (χ1) is 7.70. The van der Waals surface area contributed by atoms with Gasteiger partial charge >= 0.3 is 0 Å². The van der Waals surface area contributed by atoms with Gasteiger partial charge in [-0.25, -0.2) is 0 Å². The molecule has 1 aromatic carbocycles. The lowest BCUT2D eigenvalue weighted by Gasteiger charge is -2.18. The van der Waals surface area contributed by atoms with Crippen LogP contribution in [0.25, 0.3) is 5.76 Å². The average Bonchev–Trinajstić information content (AvgIpc) is 2.30. The largest absolute Gasteiger partial charge is 0.494 e. The van der Waals surface area contributed by atoms with Crippen LogP contribution in [0.4, 0.5) is 0 Å². The van der Waals surface area contributed by atoms with Crippen molar-refractivity contribution in [3.63, 3.8) is 0 Å². The van der Waals surface area contributed by atoms with Crippen LogP contribution in [0.1, 0.15) is 37.9 Å². The fraction of sp³-hybridized carbons (Fsp3) is 0.429. The number of hydrogen-bond acceptors (Lipinski definition) is 2. The van der Waals surface area contributed by atoms with Gasteiger partial charge in [-0.1, -0.05) is 37.8 Å². The Balaban J connectivity index is 2.95. The van der Waals surface area contributed by atoms with Crippen molar-refractivity contribution in [1.82, 2.24) is 5.32 Å². The van der Waals surface area contributed by atoms with E-state index in [2.05, 4.69) is 37.9 Å². The molecule has 0 heterocycles. The minimum Gasteiger partial charge on any atom is -0.494 e. The highest BCUT2D eigenvalue weighted by Gasteiger charge is 2.11. The molecule has 0 aliphatic carbocycles. The standard InChI is InChI=1S/C14H21NO/c1-5-15-11(3)13-9-7-8-10-14(13)12(4)16-6-2/h7-11,15H,4-6H2,1-3H3. The molecule has 0 aromatic heterocycles. The Kier molecular flexibility index (Phi) is 5.06. The molecule has 0 radical (unpaired) electrons. The molecular weight excluding hydrogens is 198 g/mol. The summed E-state index contributed by atoms with van der Waals surface area (Å²) < 4.78 is 5.47. The first-order valence-electron chi connectivity index (χ1n) is 5.85. The summed E-state index contributed by atoms with van der Waals surface area (Å²) in [5.74, 6) is 0.753. The van der Waals surface area contributed by atoms with E-state index in [0.717, 1.165) is 17.9 Å². The van der Waals surface area contributed by atoms with Gasteiger partial charge in [0.15, 0.2) is 0 Å². The molecule has 1 unspecified atom stereocenters. The van der Waals surface area contributed by atoms with E-state index in [1.54, 1.807) is 0 Å². The maximum atomic E-state index is 5.47. The van der Waals surface area contributed by atoms with Crippen molar-refractivity contribution >= 4 is 5.76 Å². The predicted molar refractivity (Wildman–Crippen MR) is 69.2 cm³/mol. The molecule has 1 atom stereocenters.